The van der Waals surface area contributed by atoms with Crippen LogP contribution in [0, 0.1) is 22.7 Å². The van der Waals surface area contributed by atoms with E-state index in [4.69, 9.17) is 45.4 Å². The van der Waals surface area contributed by atoms with Crippen LogP contribution in [0.5, 0.6) is 5.75 Å². The van der Waals surface area contributed by atoms with E-state index in [1.165, 1.54) is 44.4 Å². The minimum Gasteiger partial charge on any atom is -0.490 e. The number of thioether (sulfide) groups is 1. The first-order valence-electron chi connectivity index (χ1n) is 22.2. The van der Waals surface area contributed by atoms with Crippen molar-refractivity contribution in [2.45, 2.75) is 108 Å². The average Bonchev–Trinajstić information content (AvgIpc) is 3.79. The molecule has 0 saturated heterocycles. The second kappa shape index (κ2) is 26.2. The second-order valence-electron chi connectivity index (χ2n) is 17.9. The van der Waals surface area contributed by atoms with Gasteiger partial charge in [-0.05, 0) is 97.4 Å². The number of alkyl carbamates (subject to hydrolysis) is 2. The van der Waals surface area contributed by atoms with E-state index in [0.29, 0.717) is 27.7 Å². The summed E-state index contributed by atoms with van der Waals surface area (Å²) < 4.78 is 32.7. The molecule has 0 unspecified atom stereocenters. The molecule has 0 aliphatic heterocycles. The Morgan fingerprint density at radius 2 is 1.29 bits per heavy atom. The molecule has 0 bridgehead atoms. The molecular weight excluding hydrogens is 994 g/mol. The number of anilines is 1. The number of aliphatic hydroxyl groups is 2. The zero-order valence-electron chi connectivity index (χ0n) is 41.1. The van der Waals surface area contributed by atoms with Crippen LogP contribution < -0.4 is 31.7 Å². The maximum Gasteiger partial charge on any atom is 0.408 e. The van der Waals surface area contributed by atoms with Gasteiger partial charge in [0.05, 0.1) is 23.5 Å². The highest BCUT2D eigenvalue weighted by molar-refractivity contribution is 7.98. The number of benzene rings is 2. The molecule has 0 spiro atoms. The maximum atomic E-state index is 13.6. The number of halogens is 1. The Balaban J connectivity index is 1.54. The summed E-state index contributed by atoms with van der Waals surface area (Å²) in [6, 6.07) is 13.6. The van der Waals surface area contributed by atoms with Crippen LogP contribution in [-0.4, -0.2) is 124 Å². The molecule has 73 heavy (non-hydrogen) atoms. The van der Waals surface area contributed by atoms with Gasteiger partial charge in [0.1, 0.15) is 78.1 Å². The number of carbonyl (C=O) groups is 6. The summed E-state index contributed by atoms with van der Waals surface area (Å²) in [5, 5.41) is 51.1. The summed E-state index contributed by atoms with van der Waals surface area (Å²) in [5.41, 5.74) is 6.26. The van der Waals surface area contributed by atoms with Crippen LogP contribution >= 0.6 is 23.4 Å². The zero-order valence-corrected chi connectivity index (χ0v) is 42.6. The Kier molecular flexibility index (Phi) is 20.8. The van der Waals surface area contributed by atoms with Gasteiger partial charge in [-0.25, -0.2) is 29.1 Å². The average molecular weight is 1050 g/mol. The number of nitrogens with zero attached hydrogens (tertiary/aromatic N) is 4. The molecule has 0 aliphatic carbocycles. The quantitative estimate of drug-likeness (QED) is 0.0348. The van der Waals surface area contributed by atoms with E-state index in [9.17, 15) is 49.5 Å². The smallest absolute Gasteiger partial charge is 0.408 e. The van der Waals surface area contributed by atoms with Crippen LogP contribution in [-0.2, 0) is 43.9 Å². The second-order valence-corrected chi connectivity index (χ2v) is 19.3. The van der Waals surface area contributed by atoms with Crippen molar-refractivity contribution in [2.24, 2.45) is 0 Å². The van der Waals surface area contributed by atoms with E-state index in [-0.39, 0.29) is 39.0 Å². The fraction of sp³-hybridized carbons (Fsp3) is 0.417. The number of hydrogen-bond acceptors (Lipinski definition) is 20. The predicted octanol–water partition coefficient (Wildman–Crippen LogP) is 4.29. The Bertz CT molecular complexity index is 2690. The molecule has 4 aromatic rings. The van der Waals surface area contributed by atoms with E-state index in [2.05, 4.69) is 37.3 Å². The molecule has 2 aromatic heterocycles. The van der Waals surface area contributed by atoms with E-state index < -0.39 is 104 Å². The largest absolute Gasteiger partial charge is 0.490 e. The van der Waals surface area contributed by atoms with Crippen molar-refractivity contribution in [1.82, 2.24) is 31.2 Å². The number of oxazole rings is 1. The number of aliphatic hydroxyl groups excluding tert-OH is 2. The van der Waals surface area contributed by atoms with Gasteiger partial charge in [0, 0.05) is 21.9 Å². The van der Waals surface area contributed by atoms with Gasteiger partial charge in [-0.15, -0.1) is 0 Å². The first-order chi connectivity index (χ1) is 34.3. The highest BCUT2D eigenvalue weighted by Crippen LogP contribution is 2.37. The number of pyridine rings is 1. The number of ether oxygens (including phenoxy) is 5. The number of carbonyl (C=O) groups excluding carboxylic acids is 6. The molecule has 390 valence electrons. The number of esters is 2. The molecule has 23 nitrogen and oxygen atoms in total. The summed E-state index contributed by atoms with van der Waals surface area (Å²) in [6.07, 6.45) is -4.98. The monoisotopic (exact) mass is 1050 g/mol. The first kappa shape index (κ1) is 57.9. The van der Waals surface area contributed by atoms with Crippen molar-refractivity contribution >= 4 is 65.1 Å². The number of rotatable bonds is 21. The molecule has 4 amide bonds. The number of nitrogen functional groups attached to an aromatic ring is 1. The van der Waals surface area contributed by atoms with Crippen LogP contribution in [0.25, 0.3) is 22.6 Å². The highest BCUT2D eigenvalue weighted by atomic mass is 35.5. The maximum absolute atomic E-state index is 13.6. The van der Waals surface area contributed by atoms with Crippen molar-refractivity contribution in [2.75, 3.05) is 32.0 Å². The van der Waals surface area contributed by atoms with Gasteiger partial charge in [-0.3, -0.25) is 9.59 Å². The van der Waals surface area contributed by atoms with Gasteiger partial charge >= 0.3 is 24.1 Å². The van der Waals surface area contributed by atoms with Crippen LogP contribution in [0.3, 0.4) is 0 Å². The molecule has 0 radical (unpaired) electrons. The van der Waals surface area contributed by atoms with E-state index in [0.717, 1.165) is 11.8 Å². The minimum absolute atomic E-state index is 0.0472. The molecule has 0 aliphatic rings. The molecule has 4 rings (SSSR count). The van der Waals surface area contributed by atoms with Crippen LogP contribution in [0.2, 0.25) is 5.02 Å². The van der Waals surface area contributed by atoms with Crippen molar-refractivity contribution in [3.63, 3.8) is 0 Å². The number of nitrogens with two attached hydrogens (primary N) is 1. The lowest BCUT2D eigenvalue weighted by Crippen LogP contribution is -2.53. The van der Waals surface area contributed by atoms with Gasteiger partial charge < -0.3 is 65.3 Å². The predicted molar refractivity (Wildman–Crippen MR) is 262 cm³/mol. The van der Waals surface area contributed by atoms with Gasteiger partial charge in [0.25, 0.3) is 0 Å². The van der Waals surface area contributed by atoms with E-state index in [1.54, 1.807) is 65.8 Å². The molecule has 25 heteroatoms. The third kappa shape index (κ3) is 18.5. The lowest BCUT2D eigenvalue weighted by atomic mass is 9.97. The van der Waals surface area contributed by atoms with Crippen molar-refractivity contribution in [1.29, 1.82) is 10.5 Å². The fourth-order valence-corrected chi connectivity index (χ4v) is 7.09. The number of nitriles is 2. The van der Waals surface area contributed by atoms with Gasteiger partial charge in [0.15, 0.2) is 18.2 Å². The number of amides is 4. The van der Waals surface area contributed by atoms with Crippen LogP contribution in [0.4, 0.5) is 15.4 Å². The summed E-state index contributed by atoms with van der Waals surface area (Å²) in [5.74, 6) is -3.67. The highest BCUT2D eigenvalue weighted by Gasteiger charge is 2.33. The Hall–Kier alpha value is -7.64. The van der Waals surface area contributed by atoms with Crippen LogP contribution in [0.15, 0.2) is 64.2 Å². The molecule has 8 N–H and O–H groups in total. The summed E-state index contributed by atoms with van der Waals surface area (Å²) >= 11 is 7.15. The van der Waals surface area contributed by atoms with Gasteiger partial charge in [-0.2, -0.15) is 10.5 Å². The summed E-state index contributed by atoms with van der Waals surface area (Å²) in [7, 11) is 0. The topological polar surface area (TPSA) is 350 Å². The molecule has 2 heterocycles. The fourth-order valence-electron chi connectivity index (χ4n) is 6.09. The third-order valence-corrected chi connectivity index (χ3v) is 10.6. The van der Waals surface area contributed by atoms with Crippen molar-refractivity contribution < 1.29 is 67.1 Å². The number of nitrogens with one attached hydrogen (secondary N) is 4. The molecular formula is C48H56ClN9O14S. The van der Waals surface area contributed by atoms with E-state index in [1.807, 2.05) is 6.07 Å². The Morgan fingerprint density at radius 3 is 1.79 bits per heavy atom. The van der Waals surface area contributed by atoms with Gasteiger partial charge in [-0.1, -0.05) is 35.5 Å². The number of aromatic nitrogens is 2. The lowest BCUT2D eigenvalue weighted by molar-refractivity contribution is -0.167. The third-order valence-electron chi connectivity index (χ3n) is 9.38. The van der Waals surface area contributed by atoms with Crippen molar-refractivity contribution in [3.05, 3.63) is 76.6 Å². The zero-order chi connectivity index (χ0) is 54.2. The number of hydrogen-bond donors (Lipinski definition) is 7. The Morgan fingerprint density at radius 1 is 0.767 bits per heavy atom. The lowest BCUT2D eigenvalue weighted by Gasteiger charge is -2.25. The molecule has 0 saturated carbocycles. The Labute approximate surface area is 429 Å². The summed E-state index contributed by atoms with van der Waals surface area (Å²) in [4.78, 5) is 85.3. The minimum atomic E-state index is -1.73. The standard InChI is InChI=1S/C48H56ClN9O14S/c1-25(59)38(56-35(61)19-53-45(65)71-47(3,4)5)43(63)69-23-32(70-44(64)39(26(2)60)57-36(62)20-54-46(66)72-48(6,7)8)22-67-31-15-11-27(12-16-31)37-33(17-50)40(52)58-42(34(37)18-51)73-24-30-21-68-41(55-30)28-9-13-29(49)14-10-28/h9-16,21,25-26,32,38-39,59-60H,19-20,22-24H2,1-8H3,(H2,52,58)(H,53,65)(H,54,66)(H,56,61)(H,57,62)/t25-,26-,32+,38+,39+/m1/s1. The molecule has 5 atom stereocenters. The van der Waals surface area contributed by atoms with E-state index >= 15 is 0 Å². The molecule has 2 aromatic carbocycles. The molecule has 0 fully saturated rings. The SMILES string of the molecule is C[C@@H](O)[C@H](NC(=O)CNC(=O)OC(C)(C)C)C(=O)OC[C@H](COc1ccc(-c2c(C#N)c(N)nc(SCc3coc(-c4ccc(Cl)cc4)n3)c2C#N)cc1)OC(=O)[C@@H](NC(=O)CNC(=O)OC(C)(C)C)[C@@H](C)O. The normalized spacial score (nSPS) is 13.3. The first-order valence-corrected chi connectivity index (χ1v) is 23.6. The van der Waals surface area contributed by atoms with Gasteiger partial charge in [0.2, 0.25) is 17.7 Å². The van der Waals surface area contributed by atoms with Crippen LogP contribution in [0.1, 0.15) is 72.2 Å². The van der Waals surface area contributed by atoms with Crippen molar-refractivity contribution in [3.8, 4) is 40.5 Å². The summed E-state index contributed by atoms with van der Waals surface area (Å²) in [6.45, 7) is 9.41.